The molecule has 0 unspecified atom stereocenters. The van der Waals surface area contributed by atoms with Crippen LogP contribution in [0.15, 0.2) is 66.9 Å². The molecule has 0 aliphatic carbocycles. The van der Waals surface area contributed by atoms with E-state index in [1.54, 1.807) is 36.9 Å². The standard InChI is InChI=1S/C9H7NO.C6H5.Ga/c11-8-5-1-3-7-4-2-6-10-9(7)8;1-2-4-6-5-3-1;/h1-6,11H;1-5H;. The van der Waals surface area contributed by atoms with Gasteiger partial charge in [-0.2, -0.15) is 0 Å². The first kappa shape index (κ1) is 12.7. The van der Waals surface area contributed by atoms with Crippen molar-refractivity contribution in [2.45, 2.75) is 0 Å². The summed E-state index contributed by atoms with van der Waals surface area (Å²) in [6.45, 7) is 0. The van der Waals surface area contributed by atoms with Crippen LogP contribution in [0.2, 0.25) is 0 Å². The quantitative estimate of drug-likeness (QED) is 0.645. The fourth-order valence-electron chi connectivity index (χ4n) is 1.54. The van der Waals surface area contributed by atoms with Crippen LogP contribution in [-0.2, 0) is 0 Å². The molecule has 2 radical (unpaired) electrons. The maximum atomic E-state index is 9.31. The molecule has 0 aliphatic heterocycles. The number of benzene rings is 2. The summed E-state index contributed by atoms with van der Waals surface area (Å²) in [6.07, 6.45) is 1.67. The van der Waals surface area contributed by atoms with E-state index in [4.69, 9.17) is 0 Å². The van der Waals surface area contributed by atoms with Crippen molar-refractivity contribution < 1.29 is 5.11 Å². The number of phenolic OH excluding ortho intramolecular Hbond substituents is 1. The summed E-state index contributed by atoms with van der Waals surface area (Å²) in [4.78, 5) is 4.03. The number of rotatable bonds is 0. The van der Waals surface area contributed by atoms with Crippen LogP contribution >= 0.6 is 0 Å². The molecule has 1 N–H and O–H groups in total. The number of fused-ring (bicyclic) bond motifs is 1. The number of hydrogen-bond donors (Lipinski definition) is 1. The topological polar surface area (TPSA) is 33.1 Å². The van der Waals surface area contributed by atoms with E-state index in [0.29, 0.717) is 5.52 Å². The number of pyridine rings is 1. The number of para-hydroxylation sites is 1. The average molecular weight is 292 g/mol. The molecule has 86 valence electrons. The summed E-state index contributed by atoms with van der Waals surface area (Å²) in [5.74, 6) is 0.239. The van der Waals surface area contributed by atoms with Gasteiger partial charge in [-0.05, 0) is 12.1 Å². The van der Waals surface area contributed by atoms with Gasteiger partial charge in [0.1, 0.15) is 11.3 Å². The Morgan fingerprint density at radius 2 is 1.56 bits per heavy atom. The SMILES string of the molecule is Oc1cccc2cccnc12.[Ga][c]1ccccc1. The van der Waals surface area contributed by atoms with E-state index < -0.39 is 0 Å². The molecule has 18 heavy (non-hydrogen) atoms. The van der Waals surface area contributed by atoms with Gasteiger partial charge in [-0.15, -0.1) is 0 Å². The van der Waals surface area contributed by atoms with E-state index in [1.165, 1.54) is 4.12 Å². The number of aromatic nitrogens is 1. The van der Waals surface area contributed by atoms with Gasteiger partial charge in [0.15, 0.2) is 0 Å². The zero-order valence-electron chi connectivity index (χ0n) is 9.82. The Morgan fingerprint density at radius 1 is 0.833 bits per heavy atom. The van der Waals surface area contributed by atoms with Crippen LogP contribution in [0.1, 0.15) is 0 Å². The molecule has 0 aliphatic rings. The molecule has 0 spiro atoms. The van der Waals surface area contributed by atoms with Crippen molar-refractivity contribution in [3.63, 3.8) is 0 Å². The molecule has 3 heteroatoms. The molecular formula is C15H12GaNO. The predicted molar refractivity (Wildman–Crippen MR) is 75.2 cm³/mol. The van der Waals surface area contributed by atoms with E-state index >= 15 is 0 Å². The monoisotopic (exact) mass is 291 g/mol. The van der Waals surface area contributed by atoms with Gasteiger partial charge in [-0.1, -0.05) is 18.2 Å². The van der Waals surface area contributed by atoms with Gasteiger partial charge in [0.05, 0.1) is 0 Å². The molecule has 2 aromatic carbocycles. The minimum absolute atomic E-state index is 0.239. The molecule has 1 aromatic heterocycles. The van der Waals surface area contributed by atoms with Crippen LogP contribution in [0, 0.1) is 0 Å². The summed E-state index contributed by atoms with van der Waals surface area (Å²) in [6, 6.07) is 19.5. The molecule has 0 bridgehead atoms. The molecule has 3 aromatic rings. The summed E-state index contributed by atoms with van der Waals surface area (Å²) >= 11 is 1.67. The number of phenols is 1. The molecule has 0 fully saturated rings. The van der Waals surface area contributed by atoms with Gasteiger partial charge in [0.2, 0.25) is 0 Å². The Balaban J connectivity index is 0.000000149. The first-order chi connectivity index (χ1) is 8.77. The second-order valence-electron chi connectivity index (χ2n) is 3.76. The van der Waals surface area contributed by atoms with E-state index in [2.05, 4.69) is 29.2 Å². The van der Waals surface area contributed by atoms with E-state index in [0.717, 1.165) is 5.39 Å². The summed E-state index contributed by atoms with van der Waals surface area (Å²) in [5, 5.41) is 10.3. The number of nitrogens with zero attached hydrogens (tertiary/aromatic N) is 1. The number of aromatic hydroxyl groups is 1. The molecule has 1 heterocycles. The van der Waals surface area contributed by atoms with Crippen molar-refractivity contribution in [1.82, 2.24) is 4.98 Å². The maximum absolute atomic E-state index is 9.31. The first-order valence-corrected chi connectivity index (χ1v) is 6.82. The van der Waals surface area contributed by atoms with E-state index in [1.807, 2.05) is 24.3 Å². The van der Waals surface area contributed by atoms with Crippen LogP contribution in [0.3, 0.4) is 0 Å². The van der Waals surface area contributed by atoms with Crippen LogP contribution in [0.25, 0.3) is 10.9 Å². The third-order valence-electron chi connectivity index (χ3n) is 2.41. The van der Waals surface area contributed by atoms with Crippen LogP contribution in [0.5, 0.6) is 5.75 Å². The van der Waals surface area contributed by atoms with Gasteiger partial charge in [0.25, 0.3) is 0 Å². The average Bonchev–Trinajstić information content (AvgIpc) is 2.41. The van der Waals surface area contributed by atoms with E-state index in [-0.39, 0.29) is 5.75 Å². The molecule has 0 saturated heterocycles. The third kappa shape index (κ3) is 3.39. The van der Waals surface area contributed by atoms with Gasteiger partial charge in [0, 0.05) is 11.6 Å². The number of hydrogen-bond acceptors (Lipinski definition) is 2. The van der Waals surface area contributed by atoms with Crippen molar-refractivity contribution in [2.75, 3.05) is 0 Å². The van der Waals surface area contributed by atoms with E-state index in [9.17, 15) is 5.11 Å². The van der Waals surface area contributed by atoms with Crippen LogP contribution < -0.4 is 4.12 Å². The Labute approximate surface area is 116 Å². The molecule has 0 atom stereocenters. The molecule has 0 saturated carbocycles. The first-order valence-electron chi connectivity index (χ1n) is 5.60. The normalized spacial score (nSPS) is 9.56. The molecule has 0 amide bonds. The summed E-state index contributed by atoms with van der Waals surface area (Å²) < 4.78 is 1.38. The van der Waals surface area contributed by atoms with Crippen LogP contribution in [-0.4, -0.2) is 28.7 Å². The van der Waals surface area contributed by atoms with Crippen molar-refractivity contribution >= 4 is 33.6 Å². The van der Waals surface area contributed by atoms with Crippen molar-refractivity contribution in [1.29, 1.82) is 0 Å². The van der Waals surface area contributed by atoms with Crippen molar-refractivity contribution in [2.24, 2.45) is 0 Å². The fraction of sp³-hybridized carbons (Fsp3) is 0. The van der Waals surface area contributed by atoms with Crippen molar-refractivity contribution in [3.05, 3.63) is 66.9 Å². The Bertz CT molecular complexity index is 620. The van der Waals surface area contributed by atoms with Crippen molar-refractivity contribution in [3.8, 4) is 5.75 Å². The minimum atomic E-state index is 0.239. The fourth-order valence-corrected chi connectivity index (χ4v) is 2.01. The predicted octanol–water partition coefficient (Wildman–Crippen LogP) is 2.42. The summed E-state index contributed by atoms with van der Waals surface area (Å²) in [5.41, 5.74) is 0.662. The Kier molecular flexibility index (Phi) is 4.44. The molecular weight excluding hydrogens is 280 g/mol. The zero-order chi connectivity index (χ0) is 12.8. The summed E-state index contributed by atoms with van der Waals surface area (Å²) in [7, 11) is 0. The Morgan fingerprint density at radius 3 is 2.17 bits per heavy atom. The van der Waals surface area contributed by atoms with Crippen LogP contribution in [0.4, 0.5) is 0 Å². The molecule has 3 rings (SSSR count). The Hall–Kier alpha value is -1.71. The third-order valence-corrected chi connectivity index (χ3v) is 3.22. The van der Waals surface area contributed by atoms with Gasteiger partial charge in [-0.25, -0.2) is 0 Å². The molecule has 2 nitrogen and oxygen atoms in total. The van der Waals surface area contributed by atoms with Gasteiger partial charge in [-0.3, -0.25) is 4.98 Å². The van der Waals surface area contributed by atoms with Gasteiger partial charge < -0.3 is 5.11 Å². The second kappa shape index (κ2) is 6.28. The van der Waals surface area contributed by atoms with Gasteiger partial charge >= 0.3 is 53.0 Å². The second-order valence-corrected chi connectivity index (χ2v) is 5.16. The zero-order valence-corrected chi connectivity index (χ0v) is 12.2.